The van der Waals surface area contributed by atoms with Crippen molar-refractivity contribution in [2.75, 3.05) is 5.75 Å². The summed E-state index contributed by atoms with van der Waals surface area (Å²) >= 11 is 4.16. The molecule has 72 valence electrons. The topological polar surface area (TPSA) is 24.4 Å². The SMILES string of the molecule is CC(=NNC(C)CS)C(C)(C)C. The van der Waals surface area contributed by atoms with Gasteiger partial charge >= 0.3 is 0 Å². The van der Waals surface area contributed by atoms with E-state index in [1.165, 1.54) is 0 Å². The molecule has 0 saturated heterocycles. The van der Waals surface area contributed by atoms with E-state index in [1.54, 1.807) is 0 Å². The molecule has 0 amide bonds. The Morgan fingerprint density at radius 2 is 2.00 bits per heavy atom. The minimum absolute atomic E-state index is 0.156. The van der Waals surface area contributed by atoms with Crippen molar-refractivity contribution >= 4 is 18.3 Å². The Hall–Kier alpha value is -0.180. The molecule has 1 atom stereocenters. The van der Waals surface area contributed by atoms with Crippen LogP contribution < -0.4 is 5.43 Å². The molecule has 0 aromatic heterocycles. The van der Waals surface area contributed by atoms with Gasteiger partial charge in [-0.25, -0.2) is 0 Å². The summed E-state index contributed by atoms with van der Waals surface area (Å²) in [6.45, 7) is 10.6. The summed E-state index contributed by atoms with van der Waals surface area (Å²) in [5, 5.41) is 4.28. The zero-order valence-corrected chi connectivity index (χ0v) is 9.57. The zero-order chi connectivity index (χ0) is 9.78. The smallest absolute Gasteiger partial charge is 0.0499 e. The summed E-state index contributed by atoms with van der Waals surface area (Å²) in [7, 11) is 0. The first-order chi connectivity index (χ1) is 5.38. The quantitative estimate of drug-likeness (QED) is 0.396. The van der Waals surface area contributed by atoms with Gasteiger partial charge in [0, 0.05) is 22.9 Å². The Balaban J connectivity index is 4.01. The first-order valence-electron chi connectivity index (χ1n) is 4.29. The molecule has 0 rings (SSSR count). The molecule has 0 aliphatic heterocycles. The van der Waals surface area contributed by atoms with Gasteiger partial charge < -0.3 is 5.43 Å². The van der Waals surface area contributed by atoms with Gasteiger partial charge in [0.15, 0.2) is 0 Å². The maximum Gasteiger partial charge on any atom is 0.0499 e. The number of hydrogen-bond donors (Lipinski definition) is 2. The highest BCUT2D eigenvalue weighted by Gasteiger charge is 2.14. The van der Waals surface area contributed by atoms with Crippen LogP contribution in [0.25, 0.3) is 0 Å². The molecule has 0 radical (unpaired) electrons. The van der Waals surface area contributed by atoms with Crippen LogP contribution in [0.1, 0.15) is 34.6 Å². The lowest BCUT2D eigenvalue weighted by Crippen LogP contribution is -2.27. The maximum atomic E-state index is 4.28. The molecule has 0 fully saturated rings. The third kappa shape index (κ3) is 4.65. The average Bonchev–Trinajstić information content (AvgIpc) is 1.97. The Bertz CT molecular complexity index is 158. The van der Waals surface area contributed by atoms with Gasteiger partial charge in [-0.2, -0.15) is 17.7 Å². The van der Waals surface area contributed by atoms with Gasteiger partial charge in [-0.15, -0.1) is 0 Å². The van der Waals surface area contributed by atoms with E-state index >= 15 is 0 Å². The molecule has 0 spiro atoms. The van der Waals surface area contributed by atoms with Crippen molar-refractivity contribution in [3.63, 3.8) is 0 Å². The highest BCUT2D eigenvalue weighted by molar-refractivity contribution is 7.80. The van der Waals surface area contributed by atoms with Gasteiger partial charge in [-0.1, -0.05) is 20.8 Å². The number of hydrogen-bond acceptors (Lipinski definition) is 3. The number of rotatable bonds is 3. The minimum atomic E-state index is 0.156. The van der Waals surface area contributed by atoms with E-state index in [1.807, 2.05) is 6.92 Å². The van der Waals surface area contributed by atoms with Gasteiger partial charge in [-0.05, 0) is 13.8 Å². The molecular formula is C9H20N2S. The van der Waals surface area contributed by atoms with Crippen molar-refractivity contribution < 1.29 is 0 Å². The second-order valence-electron chi connectivity index (χ2n) is 4.16. The molecule has 1 N–H and O–H groups in total. The predicted molar refractivity (Wildman–Crippen MR) is 59.0 cm³/mol. The van der Waals surface area contributed by atoms with Crippen LogP contribution in [-0.2, 0) is 0 Å². The molecule has 3 heteroatoms. The first-order valence-corrected chi connectivity index (χ1v) is 4.92. The molecular weight excluding hydrogens is 168 g/mol. The highest BCUT2D eigenvalue weighted by atomic mass is 32.1. The van der Waals surface area contributed by atoms with Crippen molar-refractivity contribution in [1.82, 2.24) is 5.43 Å². The summed E-state index contributed by atoms with van der Waals surface area (Å²) in [5.41, 5.74) is 4.33. The maximum absolute atomic E-state index is 4.28. The van der Waals surface area contributed by atoms with Gasteiger partial charge in [0.1, 0.15) is 0 Å². The van der Waals surface area contributed by atoms with E-state index in [2.05, 4.69) is 50.9 Å². The minimum Gasteiger partial charge on any atom is -0.307 e. The summed E-state index contributed by atoms with van der Waals surface area (Å²) in [6.07, 6.45) is 0. The second-order valence-corrected chi connectivity index (χ2v) is 4.53. The number of nitrogens with zero attached hydrogens (tertiary/aromatic N) is 1. The van der Waals surface area contributed by atoms with Crippen molar-refractivity contribution in [2.45, 2.75) is 40.7 Å². The number of thiol groups is 1. The predicted octanol–water partition coefficient (Wildman–Crippen LogP) is 2.32. The third-order valence-electron chi connectivity index (χ3n) is 1.81. The Kier molecular flexibility index (Phi) is 4.68. The lowest BCUT2D eigenvalue weighted by molar-refractivity contribution is 0.560. The third-order valence-corrected chi connectivity index (χ3v) is 2.36. The van der Waals surface area contributed by atoms with Crippen molar-refractivity contribution in [1.29, 1.82) is 0 Å². The van der Waals surface area contributed by atoms with E-state index in [0.717, 1.165) is 11.5 Å². The monoisotopic (exact) mass is 188 g/mol. The molecule has 0 aliphatic rings. The van der Waals surface area contributed by atoms with Crippen molar-refractivity contribution in [2.24, 2.45) is 10.5 Å². The summed E-state index contributed by atoms with van der Waals surface area (Å²) in [5.74, 6) is 0.806. The molecule has 0 aromatic carbocycles. The summed E-state index contributed by atoms with van der Waals surface area (Å²) in [4.78, 5) is 0. The van der Waals surface area contributed by atoms with Crippen LogP contribution in [0.15, 0.2) is 5.10 Å². The van der Waals surface area contributed by atoms with E-state index in [9.17, 15) is 0 Å². The van der Waals surface area contributed by atoms with E-state index < -0.39 is 0 Å². The lowest BCUT2D eigenvalue weighted by atomic mass is 9.91. The molecule has 0 aliphatic carbocycles. The highest BCUT2D eigenvalue weighted by Crippen LogP contribution is 2.14. The van der Waals surface area contributed by atoms with E-state index in [-0.39, 0.29) is 5.41 Å². The van der Waals surface area contributed by atoms with Crippen molar-refractivity contribution in [3.8, 4) is 0 Å². The van der Waals surface area contributed by atoms with Crippen molar-refractivity contribution in [3.05, 3.63) is 0 Å². The molecule has 1 unspecified atom stereocenters. The van der Waals surface area contributed by atoms with Crippen LogP contribution in [0.5, 0.6) is 0 Å². The van der Waals surface area contributed by atoms with Gasteiger partial charge in [0.2, 0.25) is 0 Å². The van der Waals surface area contributed by atoms with Crippen LogP contribution in [-0.4, -0.2) is 17.5 Å². The fourth-order valence-corrected chi connectivity index (χ4v) is 0.497. The summed E-state index contributed by atoms with van der Waals surface area (Å²) < 4.78 is 0. The van der Waals surface area contributed by atoms with Gasteiger partial charge in [0.25, 0.3) is 0 Å². The summed E-state index contributed by atoms with van der Waals surface area (Å²) in [6, 6.07) is 0.339. The lowest BCUT2D eigenvalue weighted by Gasteiger charge is -2.19. The Morgan fingerprint density at radius 1 is 1.50 bits per heavy atom. The van der Waals surface area contributed by atoms with Crippen LogP contribution in [0.3, 0.4) is 0 Å². The van der Waals surface area contributed by atoms with Gasteiger partial charge in [-0.3, -0.25) is 0 Å². The molecule has 0 heterocycles. The fraction of sp³-hybridized carbons (Fsp3) is 0.889. The first kappa shape index (κ1) is 11.8. The normalized spacial score (nSPS) is 16.0. The fourth-order valence-electron chi connectivity index (χ4n) is 0.416. The molecule has 0 saturated carbocycles. The number of nitrogens with one attached hydrogen (secondary N) is 1. The van der Waals surface area contributed by atoms with Gasteiger partial charge in [0.05, 0.1) is 0 Å². The molecule has 2 nitrogen and oxygen atoms in total. The van der Waals surface area contributed by atoms with Crippen LogP contribution in [0, 0.1) is 5.41 Å². The Morgan fingerprint density at radius 3 is 2.33 bits per heavy atom. The standard InChI is InChI=1S/C9H20N2S/c1-7(6-12)10-11-8(2)9(3,4)5/h7,10,12H,6H2,1-5H3. The van der Waals surface area contributed by atoms with Crippen LogP contribution in [0.4, 0.5) is 0 Å². The zero-order valence-electron chi connectivity index (χ0n) is 8.68. The van der Waals surface area contributed by atoms with E-state index in [0.29, 0.717) is 6.04 Å². The number of hydrazone groups is 1. The molecule has 0 aromatic rings. The molecule has 0 bridgehead atoms. The average molecular weight is 188 g/mol. The van der Waals surface area contributed by atoms with Crippen LogP contribution in [0.2, 0.25) is 0 Å². The Labute approximate surface area is 81.2 Å². The largest absolute Gasteiger partial charge is 0.307 e. The second kappa shape index (κ2) is 4.75. The van der Waals surface area contributed by atoms with E-state index in [4.69, 9.17) is 0 Å². The molecule has 12 heavy (non-hydrogen) atoms. The van der Waals surface area contributed by atoms with Crippen LogP contribution >= 0.6 is 12.6 Å².